The molecule has 1 atom stereocenters. The van der Waals surface area contributed by atoms with Gasteiger partial charge in [-0.15, -0.1) is 0 Å². The molecule has 5 nitrogen and oxygen atoms in total. The molecule has 0 aliphatic carbocycles. The Morgan fingerprint density at radius 3 is 2.41 bits per heavy atom. The highest BCUT2D eigenvalue weighted by molar-refractivity contribution is 5.79. The fourth-order valence-corrected chi connectivity index (χ4v) is 4.06. The molecule has 1 heterocycles. The summed E-state index contributed by atoms with van der Waals surface area (Å²) in [6.07, 6.45) is 0. The predicted octanol–water partition coefficient (Wildman–Crippen LogP) is 0.165. The number of piperazine rings is 1. The van der Waals surface area contributed by atoms with Crippen LogP contribution in [0.3, 0.4) is 0 Å². The second-order valence-electron chi connectivity index (χ2n) is 7.98. The minimum absolute atomic E-state index is 0.0869. The maximum Gasteiger partial charge on any atom is 0.280 e. The Morgan fingerprint density at radius 1 is 1.10 bits per heavy atom. The van der Waals surface area contributed by atoms with E-state index in [1.807, 2.05) is 25.1 Å². The van der Waals surface area contributed by atoms with E-state index in [2.05, 4.69) is 12.1 Å². The van der Waals surface area contributed by atoms with Gasteiger partial charge in [0.15, 0.2) is 6.04 Å². The number of halogens is 1. The molecule has 6 heteroatoms. The number of carbonyl (C=O) groups is 1. The molecule has 3 rings (SSSR count). The number of carbonyl (C=O) groups excluding carboxylic acids is 1. The maximum absolute atomic E-state index is 13.4. The molecular weight excluding hydrogens is 369 g/mol. The average molecular weight is 402 g/mol. The SMILES string of the molecule is COc1ccc(C[NH+]2CC[NH+]([C@H](C)C(=O)N(C)Cc3cccc(F)c3)CC2)cc1. The third kappa shape index (κ3) is 5.78. The number of likely N-dealkylation sites (N-methyl/N-ethyl adjacent to an activating group) is 1. The van der Waals surface area contributed by atoms with Gasteiger partial charge in [0.05, 0.1) is 7.11 Å². The summed E-state index contributed by atoms with van der Waals surface area (Å²) in [6.45, 7) is 7.49. The monoisotopic (exact) mass is 401 g/mol. The van der Waals surface area contributed by atoms with Crippen molar-refractivity contribution in [3.63, 3.8) is 0 Å². The van der Waals surface area contributed by atoms with Crippen molar-refractivity contribution < 1.29 is 23.7 Å². The Hall–Kier alpha value is -2.44. The lowest BCUT2D eigenvalue weighted by Crippen LogP contribution is -3.29. The van der Waals surface area contributed by atoms with Crippen molar-refractivity contribution in [2.24, 2.45) is 0 Å². The number of hydrogen-bond acceptors (Lipinski definition) is 2. The number of nitrogens with zero attached hydrogens (tertiary/aromatic N) is 1. The number of nitrogens with one attached hydrogen (secondary N) is 2. The summed E-state index contributed by atoms with van der Waals surface area (Å²) >= 11 is 0. The van der Waals surface area contributed by atoms with Gasteiger partial charge >= 0.3 is 0 Å². The normalized spacial score (nSPS) is 20.1. The molecule has 1 aliphatic heterocycles. The van der Waals surface area contributed by atoms with E-state index < -0.39 is 0 Å². The van der Waals surface area contributed by atoms with E-state index in [9.17, 15) is 9.18 Å². The van der Waals surface area contributed by atoms with E-state index in [0.29, 0.717) is 6.54 Å². The highest BCUT2D eigenvalue weighted by Gasteiger charge is 2.32. The lowest BCUT2D eigenvalue weighted by molar-refractivity contribution is -1.02. The number of quaternary nitrogens is 2. The zero-order valence-corrected chi connectivity index (χ0v) is 17.6. The molecule has 0 saturated carbocycles. The third-order valence-corrected chi connectivity index (χ3v) is 5.88. The van der Waals surface area contributed by atoms with E-state index in [1.54, 1.807) is 30.0 Å². The quantitative estimate of drug-likeness (QED) is 0.694. The number of rotatable bonds is 7. The number of hydrogen-bond donors (Lipinski definition) is 2. The highest BCUT2D eigenvalue weighted by atomic mass is 19.1. The summed E-state index contributed by atoms with van der Waals surface area (Å²) in [7, 11) is 3.48. The molecule has 0 spiro atoms. The first kappa shape index (κ1) is 21.3. The van der Waals surface area contributed by atoms with Crippen LogP contribution in [0.1, 0.15) is 18.1 Å². The van der Waals surface area contributed by atoms with E-state index >= 15 is 0 Å². The Bertz CT molecular complexity index is 804. The van der Waals surface area contributed by atoms with E-state index in [4.69, 9.17) is 4.74 Å². The van der Waals surface area contributed by atoms with Gasteiger partial charge in [0.25, 0.3) is 5.91 Å². The van der Waals surface area contributed by atoms with E-state index in [1.165, 1.54) is 22.6 Å². The summed E-state index contributed by atoms with van der Waals surface area (Å²) < 4.78 is 18.6. The molecule has 0 radical (unpaired) electrons. The largest absolute Gasteiger partial charge is 0.497 e. The Labute approximate surface area is 172 Å². The number of ether oxygens (including phenoxy) is 1. The van der Waals surface area contributed by atoms with Gasteiger partial charge < -0.3 is 19.4 Å². The average Bonchev–Trinajstić information content (AvgIpc) is 2.74. The third-order valence-electron chi connectivity index (χ3n) is 5.88. The van der Waals surface area contributed by atoms with Crippen LogP contribution in [0.5, 0.6) is 5.75 Å². The van der Waals surface area contributed by atoms with Crippen LogP contribution in [0, 0.1) is 5.82 Å². The Morgan fingerprint density at radius 2 is 1.79 bits per heavy atom. The zero-order chi connectivity index (χ0) is 20.8. The molecule has 0 bridgehead atoms. The molecule has 1 amide bonds. The Kier molecular flexibility index (Phi) is 7.23. The molecule has 2 aromatic rings. The van der Waals surface area contributed by atoms with Crippen molar-refractivity contribution in [2.75, 3.05) is 40.3 Å². The maximum atomic E-state index is 13.4. The van der Waals surface area contributed by atoms with Gasteiger partial charge in [-0.1, -0.05) is 12.1 Å². The van der Waals surface area contributed by atoms with Crippen LogP contribution in [0.2, 0.25) is 0 Å². The fourth-order valence-electron chi connectivity index (χ4n) is 4.06. The fraction of sp³-hybridized carbons (Fsp3) is 0.435. The van der Waals surface area contributed by atoms with Crippen molar-refractivity contribution >= 4 is 5.91 Å². The molecule has 1 aliphatic rings. The van der Waals surface area contributed by atoms with Crippen molar-refractivity contribution in [2.45, 2.75) is 26.1 Å². The second kappa shape index (κ2) is 9.85. The molecule has 2 aromatic carbocycles. The van der Waals surface area contributed by atoms with Gasteiger partial charge in [-0.05, 0) is 48.9 Å². The van der Waals surface area contributed by atoms with Crippen molar-refractivity contribution in [1.82, 2.24) is 4.90 Å². The first-order valence-corrected chi connectivity index (χ1v) is 10.3. The van der Waals surface area contributed by atoms with E-state index in [0.717, 1.165) is 44.0 Å². The molecule has 2 N–H and O–H groups in total. The number of methoxy groups -OCH3 is 1. The molecule has 156 valence electrons. The standard InChI is InChI=1S/C23H30FN3O2/c1-18(23(28)25(2)16-20-5-4-6-21(24)15-20)27-13-11-26(12-14-27)17-19-7-9-22(29-3)10-8-19/h4-10,15,18H,11-14,16-17H2,1-3H3/p+2/t18-/m1/s1. The highest BCUT2D eigenvalue weighted by Crippen LogP contribution is 2.10. The van der Waals surface area contributed by atoms with Crippen LogP contribution >= 0.6 is 0 Å². The van der Waals surface area contributed by atoms with Crippen molar-refractivity contribution in [3.05, 3.63) is 65.5 Å². The summed E-state index contributed by atoms with van der Waals surface area (Å²) in [6, 6.07) is 14.6. The minimum Gasteiger partial charge on any atom is -0.497 e. The van der Waals surface area contributed by atoms with Gasteiger partial charge in [-0.2, -0.15) is 0 Å². The predicted molar refractivity (Wildman–Crippen MR) is 110 cm³/mol. The van der Waals surface area contributed by atoms with Gasteiger partial charge in [0.1, 0.15) is 44.3 Å². The van der Waals surface area contributed by atoms with Crippen LogP contribution in [0.15, 0.2) is 48.5 Å². The minimum atomic E-state index is -0.266. The van der Waals surface area contributed by atoms with Gasteiger partial charge in [-0.3, -0.25) is 4.79 Å². The van der Waals surface area contributed by atoms with Crippen LogP contribution in [-0.2, 0) is 17.9 Å². The molecule has 0 unspecified atom stereocenters. The lowest BCUT2D eigenvalue weighted by atomic mass is 10.1. The van der Waals surface area contributed by atoms with Gasteiger partial charge in [0.2, 0.25) is 0 Å². The molecule has 29 heavy (non-hydrogen) atoms. The number of amides is 1. The van der Waals surface area contributed by atoms with Crippen molar-refractivity contribution in [1.29, 1.82) is 0 Å². The topological polar surface area (TPSA) is 38.4 Å². The second-order valence-corrected chi connectivity index (χ2v) is 7.98. The molecule has 1 fully saturated rings. The Balaban J connectivity index is 1.48. The van der Waals surface area contributed by atoms with Gasteiger partial charge in [0, 0.05) is 19.2 Å². The summed E-state index contributed by atoms with van der Waals surface area (Å²) in [5, 5.41) is 0. The van der Waals surface area contributed by atoms with Crippen LogP contribution in [-0.4, -0.2) is 57.2 Å². The number of benzene rings is 2. The smallest absolute Gasteiger partial charge is 0.280 e. The zero-order valence-electron chi connectivity index (χ0n) is 17.6. The molecule has 1 saturated heterocycles. The summed E-state index contributed by atoms with van der Waals surface area (Å²) in [5.74, 6) is 0.730. The summed E-state index contributed by atoms with van der Waals surface area (Å²) in [4.78, 5) is 17.4. The first-order valence-electron chi connectivity index (χ1n) is 10.3. The van der Waals surface area contributed by atoms with E-state index in [-0.39, 0.29) is 17.8 Å². The molecular formula is C23H32FN3O2+2. The lowest BCUT2D eigenvalue weighted by Gasteiger charge is -2.34. The molecule has 0 aromatic heterocycles. The van der Waals surface area contributed by atoms with Crippen molar-refractivity contribution in [3.8, 4) is 5.75 Å². The van der Waals surface area contributed by atoms with Crippen LogP contribution < -0.4 is 14.5 Å². The van der Waals surface area contributed by atoms with Gasteiger partial charge in [-0.25, -0.2) is 4.39 Å². The van der Waals surface area contributed by atoms with Crippen LogP contribution in [0.4, 0.5) is 4.39 Å². The van der Waals surface area contributed by atoms with Crippen LogP contribution in [0.25, 0.3) is 0 Å². The first-order chi connectivity index (χ1) is 14.0. The summed E-state index contributed by atoms with van der Waals surface area (Å²) in [5.41, 5.74) is 2.13.